The van der Waals surface area contributed by atoms with Crippen LogP contribution >= 0.6 is 11.6 Å². The molecule has 1 fully saturated rings. The Hall–Kier alpha value is -3.40. The number of carbonyl (C=O) groups is 1. The first-order chi connectivity index (χ1) is 18.1. The third-order valence-corrected chi connectivity index (χ3v) is 7.80. The van der Waals surface area contributed by atoms with Crippen molar-refractivity contribution >= 4 is 17.5 Å². The third-order valence-electron chi connectivity index (χ3n) is 7.56. The SMILES string of the molecule is CN(C(=O)CC(c1ccccc1)c1ccccc1)[C@H]1CCN(C(c2ccccc2)c2cccc(Cl)c2)C1. The first kappa shape index (κ1) is 25.3. The summed E-state index contributed by atoms with van der Waals surface area (Å²) in [5.74, 6) is 0.224. The van der Waals surface area contributed by atoms with Crippen LogP contribution in [0.25, 0.3) is 0 Å². The predicted octanol–water partition coefficient (Wildman–Crippen LogP) is 7.18. The predicted molar refractivity (Wildman–Crippen MR) is 152 cm³/mol. The molecule has 5 rings (SSSR count). The van der Waals surface area contributed by atoms with Crippen molar-refractivity contribution in [1.29, 1.82) is 0 Å². The number of halogens is 1. The Morgan fingerprint density at radius 1 is 0.811 bits per heavy atom. The number of nitrogens with zero attached hydrogens (tertiary/aromatic N) is 2. The van der Waals surface area contributed by atoms with Gasteiger partial charge in [0.1, 0.15) is 0 Å². The van der Waals surface area contributed by atoms with Crippen molar-refractivity contribution in [3.8, 4) is 0 Å². The van der Waals surface area contributed by atoms with E-state index in [-0.39, 0.29) is 23.9 Å². The summed E-state index contributed by atoms with van der Waals surface area (Å²) in [6.07, 6.45) is 1.41. The van der Waals surface area contributed by atoms with E-state index in [1.165, 1.54) is 22.3 Å². The molecule has 1 saturated heterocycles. The maximum Gasteiger partial charge on any atom is 0.223 e. The summed E-state index contributed by atoms with van der Waals surface area (Å²) in [6, 6.07) is 39.7. The van der Waals surface area contributed by atoms with E-state index in [2.05, 4.69) is 65.6 Å². The summed E-state index contributed by atoms with van der Waals surface area (Å²) in [5.41, 5.74) is 4.77. The molecule has 0 bridgehead atoms. The van der Waals surface area contributed by atoms with Gasteiger partial charge < -0.3 is 4.90 Å². The van der Waals surface area contributed by atoms with E-state index in [1.54, 1.807) is 0 Å². The monoisotopic (exact) mass is 508 g/mol. The summed E-state index contributed by atoms with van der Waals surface area (Å²) < 4.78 is 0. The van der Waals surface area contributed by atoms with Crippen LogP contribution in [0.5, 0.6) is 0 Å². The molecule has 0 saturated carbocycles. The van der Waals surface area contributed by atoms with Crippen molar-refractivity contribution in [3.05, 3.63) is 143 Å². The molecule has 1 aliphatic rings. The normalized spacial score (nSPS) is 16.6. The molecule has 0 aromatic heterocycles. The second-order valence-corrected chi connectivity index (χ2v) is 10.3. The molecule has 0 N–H and O–H groups in total. The number of amides is 1. The smallest absolute Gasteiger partial charge is 0.223 e. The summed E-state index contributed by atoms with van der Waals surface area (Å²) in [5, 5.41) is 0.745. The van der Waals surface area contributed by atoms with Crippen molar-refractivity contribution in [2.45, 2.75) is 30.8 Å². The van der Waals surface area contributed by atoms with Gasteiger partial charge in [-0.05, 0) is 40.8 Å². The number of likely N-dealkylation sites (tertiary alicyclic amines) is 1. The summed E-state index contributed by atoms with van der Waals surface area (Å²) in [7, 11) is 1.97. The van der Waals surface area contributed by atoms with Gasteiger partial charge in [0, 0.05) is 43.5 Å². The molecule has 1 amide bonds. The van der Waals surface area contributed by atoms with E-state index in [9.17, 15) is 4.79 Å². The Balaban J connectivity index is 1.33. The van der Waals surface area contributed by atoms with Gasteiger partial charge in [0.2, 0.25) is 5.91 Å². The molecular formula is C33H33ClN2O. The highest BCUT2D eigenvalue weighted by Crippen LogP contribution is 2.34. The lowest BCUT2D eigenvalue weighted by Gasteiger charge is -2.31. The maximum atomic E-state index is 13.6. The second kappa shape index (κ2) is 11.8. The Labute approximate surface area is 225 Å². The second-order valence-electron chi connectivity index (χ2n) is 9.89. The highest BCUT2D eigenvalue weighted by molar-refractivity contribution is 6.30. The zero-order valence-electron chi connectivity index (χ0n) is 21.2. The van der Waals surface area contributed by atoms with Crippen LogP contribution in [-0.4, -0.2) is 41.9 Å². The maximum absolute atomic E-state index is 13.6. The summed E-state index contributed by atoms with van der Waals surface area (Å²) in [4.78, 5) is 18.1. The highest BCUT2D eigenvalue weighted by atomic mass is 35.5. The van der Waals surface area contributed by atoms with Crippen molar-refractivity contribution < 1.29 is 4.79 Å². The first-order valence-electron chi connectivity index (χ1n) is 13.0. The molecular weight excluding hydrogens is 476 g/mol. The Kier molecular flexibility index (Phi) is 8.03. The Morgan fingerprint density at radius 3 is 1.92 bits per heavy atom. The molecule has 0 aliphatic carbocycles. The van der Waals surface area contributed by atoms with Crippen LogP contribution in [0, 0.1) is 0 Å². The van der Waals surface area contributed by atoms with Gasteiger partial charge in [-0.15, -0.1) is 0 Å². The zero-order chi connectivity index (χ0) is 25.6. The van der Waals surface area contributed by atoms with Crippen LogP contribution in [0.4, 0.5) is 0 Å². The van der Waals surface area contributed by atoms with Gasteiger partial charge >= 0.3 is 0 Å². The summed E-state index contributed by atoms with van der Waals surface area (Å²) >= 11 is 6.38. The lowest BCUT2D eigenvalue weighted by molar-refractivity contribution is -0.132. The number of hydrogen-bond acceptors (Lipinski definition) is 2. The largest absolute Gasteiger partial charge is 0.341 e. The molecule has 37 heavy (non-hydrogen) atoms. The zero-order valence-corrected chi connectivity index (χ0v) is 22.0. The van der Waals surface area contributed by atoms with Crippen LogP contribution < -0.4 is 0 Å². The molecule has 2 atom stereocenters. The van der Waals surface area contributed by atoms with Crippen LogP contribution in [0.15, 0.2) is 115 Å². The number of benzene rings is 4. The topological polar surface area (TPSA) is 23.6 Å². The van der Waals surface area contributed by atoms with Gasteiger partial charge in [0.05, 0.1) is 6.04 Å². The minimum atomic E-state index is 0.0402. The third kappa shape index (κ3) is 5.95. The molecule has 1 aliphatic heterocycles. The van der Waals surface area contributed by atoms with Gasteiger partial charge in [-0.3, -0.25) is 9.69 Å². The molecule has 4 aromatic carbocycles. The fourth-order valence-electron chi connectivity index (χ4n) is 5.57. The molecule has 0 radical (unpaired) electrons. The molecule has 0 spiro atoms. The number of rotatable bonds is 8. The quantitative estimate of drug-likeness (QED) is 0.251. The molecule has 1 unspecified atom stereocenters. The molecule has 4 aromatic rings. The average molecular weight is 509 g/mol. The lowest BCUT2D eigenvalue weighted by atomic mass is 9.88. The molecule has 1 heterocycles. The molecule has 4 heteroatoms. The van der Waals surface area contributed by atoms with Crippen LogP contribution in [0.2, 0.25) is 5.02 Å². The van der Waals surface area contributed by atoms with E-state index in [4.69, 9.17) is 11.6 Å². The molecule has 188 valence electrons. The van der Waals surface area contributed by atoms with Gasteiger partial charge in [-0.1, -0.05) is 115 Å². The molecule has 3 nitrogen and oxygen atoms in total. The van der Waals surface area contributed by atoms with Gasteiger partial charge in [-0.2, -0.15) is 0 Å². The van der Waals surface area contributed by atoms with E-state index in [1.807, 2.05) is 66.5 Å². The first-order valence-corrected chi connectivity index (χ1v) is 13.4. The van der Waals surface area contributed by atoms with E-state index >= 15 is 0 Å². The van der Waals surface area contributed by atoms with Crippen LogP contribution in [-0.2, 0) is 4.79 Å². The van der Waals surface area contributed by atoms with Crippen LogP contribution in [0.3, 0.4) is 0 Å². The minimum absolute atomic E-state index is 0.0402. The van der Waals surface area contributed by atoms with Gasteiger partial charge in [0.25, 0.3) is 0 Å². The van der Waals surface area contributed by atoms with Gasteiger partial charge in [-0.25, -0.2) is 0 Å². The standard InChI is InChI=1S/C33H33ClN2O/c1-35(32(37)23-31(25-12-5-2-6-13-25)26-14-7-3-8-15-26)30-20-21-36(24-30)33(27-16-9-4-10-17-27)28-18-11-19-29(34)22-28/h2-19,22,30-31,33H,20-21,23-24H2,1H3/t30-,33?/m0/s1. The lowest BCUT2D eigenvalue weighted by Crippen LogP contribution is -2.40. The number of likely N-dealkylation sites (N-methyl/N-ethyl adjacent to an activating group) is 1. The fraction of sp³-hybridized carbons (Fsp3) is 0.242. The fourth-order valence-corrected chi connectivity index (χ4v) is 5.76. The van der Waals surface area contributed by atoms with E-state index in [0.717, 1.165) is 24.5 Å². The van der Waals surface area contributed by atoms with Crippen LogP contribution in [0.1, 0.15) is 47.1 Å². The Morgan fingerprint density at radius 2 is 1.35 bits per heavy atom. The summed E-state index contributed by atoms with van der Waals surface area (Å²) in [6.45, 7) is 1.75. The van der Waals surface area contributed by atoms with Crippen molar-refractivity contribution in [2.24, 2.45) is 0 Å². The van der Waals surface area contributed by atoms with E-state index in [0.29, 0.717) is 6.42 Å². The average Bonchev–Trinajstić information content (AvgIpc) is 3.42. The number of carbonyl (C=O) groups excluding carboxylic acids is 1. The van der Waals surface area contributed by atoms with Gasteiger partial charge in [0.15, 0.2) is 0 Å². The van der Waals surface area contributed by atoms with Crippen molar-refractivity contribution in [1.82, 2.24) is 9.80 Å². The van der Waals surface area contributed by atoms with Crippen molar-refractivity contribution in [2.75, 3.05) is 20.1 Å². The Bertz CT molecular complexity index is 1260. The highest BCUT2D eigenvalue weighted by Gasteiger charge is 2.34. The minimum Gasteiger partial charge on any atom is -0.341 e. The van der Waals surface area contributed by atoms with Crippen molar-refractivity contribution in [3.63, 3.8) is 0 Å². The van der Waals surface area contributed by atoms with E-state index < -0.39 is 0 Å². The number of hydrogen-bond donors (Lipinski definition) is 0.